The van der Waals surface area contributed by atoms with Gasteiger partial charge >= 0.3 is 0 Å². The summed E-state index contributed by atoms with van der Waals surface area (Å²) in [7, 11) is 0. The molecule has 1 aliphatic rings. The van der Waals surface area contributed by atoms with E-state index < -0.39 is 0 Å². The summed E-state index contributed by atoms with van der Waals surface area (Å²) in [5.74, 6) is 0.693. The molecule has 1 amide bonds. The number of aliphatic hydroxyl groups is 1. The van der Waals surface area contributed by atoms with Crippen LogP contribution in [0.15, 0.2) is 0 Å². The Hall–Kier alpha value is -0.610. The molecule has 1 heterocycles. The van der Waals surface area contributed by atoms with Crippen LogP contribution < -0.4 is 5.32 Å². The Morgan fingerprint density at radius 3 is 2.63 bits per heavy atom. The molecule has 1 atom stereocenters. The second-order valence-corrected chi connectivity index (χ2v) is 6.25. The highest BCUT2D eigenvalue weighted by atomic mass is 16.5. The van der Waals surface area contributed by atoms with E-state index in [1.54, 1.807) is 0 Å². The highest BCUT2D eigenvalue weighted by molar-refractivity contribution is 5.81. The van der Waals surface area contributed by atoms with Crippen molar-refractivity contribution in [1.29, 1.82) is 0 Å². The second kappa shape index (κ2) is 7.85. The zero-order valence-corrected chi connectivity index (χ0v) is 12.6. The van der Waals surface area contributed by atoms with Crippen LogP contribution in [0.2, 0.25) is 0 Å². The van der Waals surface area contributed by atoms with Gasteiger partial charge in [0.2, 0.25) is 5.91 Å². The minimum atomic E-state index is -0.334. The van der Waals surface area contributed by atoms with Crippen LogP contribution in [0.1, 0.15) is 52.9 Å². The highest BCUT2D eigenvalue weighted by Gasteiger charge is 2.31. The van der Waals surface area contributed by atoms with Gasteiger partial charge in [-0.05, 0) is 38.0 Å². The third kappa shape index (κ3) is 5.91. The number of ether oxygens (including phenoxy) is 1. The summed E-state index contributed by atoms with van der Waals surface area (Å²) >= 11 is 0. The Balaban J connectivity index is 2.31. The molecule has 4 heteroatoms. The molecule has 4 nitrogen and oxygen atoms in total. The molecule has 1 rings (SSSR count). The van der Waals surface area contributed by atoms with E-state index in [1.165, 1.54) is 0 Å². The fourth-order valence-electron chi connectivity index (χ4n) is 2.56. The van der Waals surface area contributed by atoms with Crippen molar-refractivity contribution in [2.45, 2.75) is 59.0 Å². The first-order valence-electron chi connectivity index (χ1n) is 7.50. The monoisotopic (exact) mass is 271 g/mol. The quantitative estimate of drug-likeness (QED) is 0.745. The molecule has 1 aliphatic heterocycles. The zero-order valence-electron chi connectivity index (χ0n) is 12.6. The van der Waals surface area contributed by atoms with Crippen LogP contribution >= 0.6 is 0 Å². The van der Waals surface area contributed by atoms with Crippen molar-refractivity contribution in [3.8, 4) is 0 Å². The van der Waals surface area contributed by atoms with E-state index in [0.29, 0.717) is 18.9 Å². The maximum absolute atomic E-state index is 12.2. The average molecular weight is 271 g/mol. The van der Waals surface area contributed by atoms with Crippen LogP contribution in [0.4, 0.5) is 0 Å². The summed E-state index contributed by atoms with van der Waals surface area (Å²) in [5, 5.41) is 12.4. The Bertz CT molecular complexity index is 273. The second-order valence-electron chi connectivity index (χ2n) is 6.25. The molecule has 0 aromatic carbocycles. The van der Waals surface area contributed by atoms with E-state index >= 15 is 0 Å². The molecule has 0 radical (unpaired) electrons. The van der Waals surface area contributed by atoms with Crippen molar-refractivity contribution < 1.29 is 14.6 Å². The number of hydrogen-bond donors (Lipinski definition) is 2. The molecule has 0 aromatic rings. The molecule has 0 spiro atoms. The number of carbonyl (C=O) groups is 1. The Kier molecular flexibility index (Phi) is 6.80. The summed E-state index contributed by atoms with van der Waals surface area (Å²) in [4.78, 5) is 12.2. The summed E-state index contributed by atoms with van der Waals surface area (Å²) < 4.78 is 5.35. The molecule has 1 fully saturated rings. The van der Waals surface area contributed by atoms with Gasteiger partial charge < -0.3 is 15.2 Å². The fourth-order valence-corrected chi connectivity index (χ4v) is 2.56. The van der Waals surface area contributed by atoms with E-state index in [1.807, 2.05) is 20.8 Å². The maximum atomic E-state index is 12.2. The fraction of sp³-hybridized carbons (Fsp3) is 0.933. The lowest BCUT2D eigenvalue weighted by atomic mass is 9.79. The predicted octanol–water partition coefficient (Wildman–Crippen LogP) is 2.11. The standard InChI is InChI=1S/C15H29NO3/c1-4-13(17)5-8-16-14(18)15(2,3)11-12-6-9-19-10-7-12/h12-13,17H,4-11H2,1-3H3,(H,16,18). The molecule has 1 unspecified atom stereocenters. The van der Waals surface area contributed by atoms with Gasteiger partial charge in [-0.25, -0.2) is 0 Å². The van der Waals surface area contributed by atoms with Crippen LogP contribution in [-0.4, -0.2) is 36.9 Å². The minimum Gasteiger partial charge on any atom is -0.393 e. The largest absolute Gasteiger partial charge is 0.393 e. The highest BCUT2D eigenvalue weighted by Crippen LogP contribution is 2.31. The number of nitrogens with one attached hydrogen (secondary N) is 1. The van der Waals surface area contributed by atoms with Crippen molar-refractivity contribution in [3.63, 3.8) is 0 Å². The van der Waals surface area contributed by atoms with Crippen LogP contribution in [0.25, 0.3) is 0 Å². The molecular weight excluding hydrogens is 242 g/mol. The van der Waals surface area contributed by atoms with Gasteiger partial charge in [0.1, 0.15) is 0 Å². The van der Waals surface area contributed by atoms with Crippen LogP contribution in [0.3, 0.4) is 0 Å². The average Bonchev–Trinajstić information content (AvgIpc) is 2.39. The van der Waals surface area contributed by atoms with Crippen LogP contribution in [-0.2, 0) is 9.53 Å². The maximum Gasteiger partial charge on any atom is 0.225 e. The molecule has 0 saturated carbocycles. The van der Waals surface area contributed by atoms with E-state index in [4.69, 9.17) is 4.74 Å². The Labute approximate surface area is 116 Å². The third-order valence-corrected chi connectivity index (χ3v) is 3.99. The first-order valence-corrected chi connectivity index (χ1v) is 7.50. The van der Waals surface area contributed by atoms with E-state index in [-0.39, 0.29) is 17.4 Å². The molecule has 0 aliphatic carbocycles. The lowest BCUT2D eigenvalue weighted by molar-refractivity contribution is -0.130. The third-order valence-electron chi connectivity index (χ3n) is 3.99. The SMILES string of the molecule is CCC(O)CCNC(=O)C(C)(C)CC1CCOCC1. The first kappa shape index (κ1) is 16.4. The summed E-state index contributed by atoms with van der Waals surface area (Å²) in [6, 6.07) is 0. The Morgan fingerprint density at radius 2 is 2.05 bits per heavy atom. The number of aliphatic hydroxyl groups excluding tert-OH is 1. The van der Waals surface area contributed by atoms with Crippen molar-refractivity contribution in [3.05, 3.63) is 0 Å². The predicted molar refractivity (Wildman–Crippen MR) is 75.9 cm³/mol. The summed E-state index contributed by atoms with van der Waals surface area (Å²) in [5.41, 5.74) is -0.334. The molecule has 0 bridgehead atoms. The number of rotatable bonds is 7. The summed E-state index contributed by atoms with van der Waals surface area (Å²) in [6.07, 6.45) is 4.10. The number of carbonyl (C=O) groups excluding carboxylic acids is 1. The summed E-state index contributed by atoms with van der Waals surface area (Å²) in [6.45, 7) is 8.17. The van der Waals surface area contributed by atoms with Crippen molar-refractivity contribution in [2.75, 3.05) is 19.8 Å². The Morgan fingerprint density at radius 1 is 1.42 bits per heavy atom. The van der Waals surface area contributed by atoms with E-state index in [0.717, 1.165) is 38.9 Å². The van der Waals surface area contributed by atoms with Crippen molar-refractivity contribution in [2.24, 2.45) is 11.3 Å². The number of hydrogen-bond acceptors (Lipinski definition) is 3. The van der Waals surface area contributed by atoms with Gasteiger partial charge in [-0.2, -0.15) is 0 Å². The van der Waals surface area contributed by atoms with Gasteiger partial charge in [0.15, 0.2) is 0 Å². The van der Waals surface area contributed by atoms with Crippen molar-refractivity contribution >= 4 is 5.91 Å². The lowest BCUT2D eigenvalue weighted by Gasteiger charge is -2.31. The molecule has 2 N–H and O–H groups in total. The van der Waals surface area contributed by atoms with E-state index in [2.05, 4.69) is 5.32 Å². The van der Waals surface area contributed by atoms with Crippen LogP contribution in [0, 0.1) is 11.3 Å². The number of amides is 1. The molecule has 112 valence electrons. The van der Waals surface area contributed by atoms with Gasteiger partial charge in [0, 0.05) is 25.2 Å². The normalized spacial score (nSPS) is 19.2. The van der Waals surface area contributed by atoms with E-state index in [9.17, 15) is 9.90 Å². The van der Waals surface area contributed by atoms with Gasteiger partial charge in [-0.3, -0.25) is 4.79 Å². The minimum absolute atomic E-state index is 0.0993. The van der Waals surface area contributed by atoms with Crippen LogP contribution in [0.5, 0.6) is 0 Å². The molecule has 19 heavy (non-hydrogen) atoms. The smallest absolute Gasteiger partial charge is 0.225 e. The van der Waals surface area contributed by atoms with Gasteiger partial charge in [0.25, 0.3) is 0 Å². The van der Waals surface area contributed by atoms with Gasteiger partial charge in [-0.1, -0.05) is 20.8 Å². The van der Waals surface area contributed by atoms with Gasteiger partial charge in [-0.15, -0.1) is 0 Å². The molecule has 1 saturated heterocycles. The molecule has 0 aromatic heterocycles. The lowest BCUT2D eigenvalue weighted by Crippen LogP contribution is -2.40. The topological polar surface area (TPSA) is 58.6 Å². The molecular formula is C15H29NO3. The zero-order chi connectivity index (χ0) is 14.3. The first-order chi connectivity index (χ1) is 8.95. The van der Waals surface area contributed by atoms with Crippen molar-refractivity contribution in [1.82, 2.24) is 5.32 Å². The van der Waals surface area contributed by atoms with Gasteiger partial charge in [0.05, 0.1) is 6.10 Å².